The van der Waals surface area contributed by atoms with Gasteiger partial charge in [0.05, 0.1) is 0 Å². The predicted octanol–water partition coefficient (Wildman–Crippen LogP) is 2.10. The van der Waals surface area contributed by atoms with Crippen molar-refractivity contribution in [1.82, 2.24) is 0 Å². The van der Waals surface area contributed by atoms with Gasteiger partial charge in [0.2, 0.25) is 0 Å². The van der Waals surface area contributed by atoms with Crippen LogP contribution in [0.4, 0.5) is 0 Å². The number of benzene rings is 2. The summed E-state index contributed by atoms with van der Waals surface area (Å²) in [6, 6.07) is 11.0. The molecule has 0 aromatic heterocycles. The molecule has 148 valence electrons. The molecule has 1 N–H and O–H groups in total. The van der Waals surface area contributed by atoms with E-state index >= 15 is 0 Å². The Morgan fingerprint density at radius 1 is 0.929 bits per heavy atom. The van der Waals surface area contributed by atoms with Gasteiger partial charge in [-0.15, -0.1) is 0 Å². The zero-order valence-electron chi connectivity index (χ0n) is 16.7. The van der Waals surface area contributed by atoms with Crippen molar-refractivity contribution in [3.8, 4) is 17.2 Å². The van der Waals surface area contributed by atoms with Gasteiger partial charge in [-0.2, -0.15) is 8.42 Å². The van der Waals surface area contributed by atoms with Gasteiger partial charge in [0.1, 0.15) is 16.4 Å². The Bertz CT molecular complexity index is 822. The molecular formula is C21H27NaO5S. The molecule has 0 aliphatic heterocycles. The molecule has 0 atom stereocenters. The van der Waals surface area contributed by atoms with Crippen molar-refractivity contribution in [2.45, 2.75) is 63.2 Å². The first kappa shape index (κ1) is 25.0. The molecule has 7 heteroatoms. The van der Waals surface area contributed by atoms with Crippen LogP contribution >= 0.6 is 0 Å². The van der Waals surface area contributed by atoms with Crippen LogP contribution in [0.25, 0.3) is 0 Å². The number of unbranched alkanes of at least 4 members (excludes halogenated alkanes) is 6. The Morgan fingerprint density at radius 2 is 1.54 bits per heavy atom. The van der Waals surface area contributed by atoms with Gasteiger partial charge in [-0.3, -0.25) is 4.55 Å². The van der Waals surface area contributed by atoms with Crippen LogP contribution in [-0.2, 0) is 16.5 Å². The fourth-order valence-corrected chi connectivity index (χ4v) is 3.79. The van der Waals surface area contributed by atoms with Crippen LogP contribution in [0.2, 0.25) is 0 Å². The largest absolute Gasteiger partial charge is 1.00 e. The van der Waals surface area contributed by atoms with E-state index in [1.54, 1.807) is 24.3 Å². The third-order valence-electron chi connectivity index (χ3n) is 4.45. The normalized spacial score (nSPS) is 11.1. The summed E-state index contributed by atoms with van der Waals surface area (Å²) in [4.78, 5) is -0.251. The third-order valence-corrected chi connectivity index (χ3v) is 5.39. The molecule has 2 aromatic carbocycles. The van der Waals surface area contributed by atoms with E-state index in [-0.39, 0.29) is 45.8 Å². The van der Waals surface area contributed by atoms with Crippen molar-refractivity contribution in [2.75, 3.05) is 0 Å². The summed E-state index contributed by atoms with van der Waals surface area (Å²) in [6.07, 6.45) is 7.84. The van der Waals surface area contributed by atoms with E-state index in [4.69, 9.17) is 4.74 Å². The molecule has 2 aromatic rings. The average molecular weight is 414 g/mol. The van der Waals surface area contributed by atoms with Crippen molar-refractivity contribution >= 4 is 10.1 Å². The van der Waals surface area contributed by atoms with E-state index in [0.29, 0.717) is 12.2 Å². The second-order valence-electron chi connectivity index (χ2n) is 6.63. The Morgan fingerprint density at radius 3 is 2.14 bits per heavy atom. The van der Waals surface area contributed by atoms with E-state index in [9.17, 15) is 18.1 Å². The molecule has 2 rings (SSSR count). The third kappa shape index (κ3) is 7.76. The van der Waals surface area contributed by atoms with E-state index in [2.05, 4.69) is 6.92 Å². The summed E-state index contributed by atoms with van der Waals surface area (Å²) >= 11 is 0. The fraction of sp³-hybridized carbons (Fsp3) is 0.429. The molecule has 0 amide bonds. The monoisotopic (exact) mass is 414 g/mol. The number of hydrogen-bond acceptors (Lipinski definition) is 4. The zero-order valence-corrected chi connectivity index (χ0v) is 19.5. The summed E-state index contributed by atoms with van der Waals surface area (Å²) in [6.45, 7) is 2.17. The van der Waals surface area contributed by atoms with Crippen molar-refractivity contribution in [3.05, 3.63) is 48.0 Å². The molecule has 0 heterocycles. The SMILES string of the molecule is CCCCCCCCCc1c(S(=O)(=O)O)ccc([O-])c1Oc1ccccc1.[Na+]. The second kappa shape index (κ2) is 12.5. The van der Waals surface area contributed by atoms with E-state index in [1.807, 2.05) is 6.07 Å². The summed E-state index contributed by atoms with van der Waals surface area (Å²) in [5, 5.41) is 12.3. The molecule has 28 heavy (non-hydrogen) atoms. The predicted molar refractivity (Wildman–Crippen MR) is 104 cm³/mol. The standard InChI is InChI=1S/C21H28O5S.Na/c1-2-3-4-5-6-7-11-14-18-20(27(23,24)25)16-15-19(22)21(18)26-17-12-9-8-10-13-17;/h8-10,12-13,15-16,22H,2-7,11,14H2,1H3,(H,23,24,25);/q;+1/p-1. The summed E-state index contributed by atoms with van der Waals surface area (Å²) < 4.78 is 38.8. The molecule has 0 radical (unpaired) electrons. The molecule has 0 saturated heterocycles. The van der Waals surface area contributed by atoms with Crippen LogP contribution in [0.15, 0.2) is 47.4 Å². The van der Waals surface area contributed by atoms with Crippen molar-refractivity contribution < 1.29 is 52.4 Å². The molecule has 0 saturated carbocycles. The number of hydrogen-bond donors (Lipinski definition) is 1. The van der Waals surface area contributed by atoms with E-state index in [1.165, 1.54) is 19.3 Å². The Hall–Kier alpha value is -1.05. The van der Waals surface area contributed by atoms with Crippen LogP contribution < -0.4 is 39.4 Å². The van der Waals surface area contributed by atoms with E-state index < -0.39 is 15.9 Å². The number of ether oxygens (including phenoxy) is 1. The first-order valence-electron chi connectivity index (χ1n) is 9.46. The van der Waals surface area contributed by atoms with Crippen molar-refractivity contribution in [2.24, 2.45) is 0 Å². The molecule has 5 nitrogen and oxygen atoms in total. The Labute approximate surface area is 190 Å². The second-order valence-corrected chi connectivity index (χ2v) is 8.02. The Kier molecular flexibility index (Phi) is 11.2. The smallest absolute Gasteiger partial charge is 0.870 e. The molecule has 0 fully saturated rings. The van der Waals surface area contributed by atoms with Crippen LogP contribution in [0, 0.1) is 0 Å². The van der Waals surface area contributed by atoms with Gasteiger partial charge >= 0.3 is 29.6 Å². The van der Waals surface area contributed by atoms with Gasteiger partial charge in [0.15, 0.2) is 0 Å². The Balaban J connectivity index is 0.00000392. The maximum absolute atomic E-state index is 12.3. The molecule has 0 aliphatic carbocycles. The van der Waals surface area contributed by atoms with Gasteiger partial charge in [-0.1, -0.05) is 75.5 Å². The molecule has 0 unspecified atom stereocenters. The van der Waals surface area contributed by atoms with Crippen LogP contribution in [0.5, 0.6) is 17.2 Å². The molecule has 0 aliphatic rings. The maximum atomic E-state index is 12.3. The first-order valence-corrected chi connectivity index (χ1v) is 10.9. The maximum Gasteiger partial charge on any atom is 1.00 e. The first-order chi connectivity index (χ1) is 12.9. The average Bonchev–Trinajstić information content (AvgIpc) is 2.63. The van der Waals surface area contributed by atoms with Gasteiger partial charge in [0, 0.05) is 5.56 Å². The van der Waals surface area contributed by atoms with Crippen LogP contribution in [0.1, 0.15) is 57.4 Å². The minimum Gasteiger partial charge on any atom is -0.870 e. The van der Waals surface area contributed by atoms with Gasteiger partial charge in [-0.25, -0.2) is 0 Å². The minimum atomic E-state index is -4.44. The molecule has 0 spiro atoms. The fourth-order valence-electron chi connectivity index (χ4n) is 3.04. The molecular weight excluding hydrogens is 387 g/mol. The minimum absolute atomic E-state index is 0. The van der Waals surface area contributed by atoms with Gasteiger partial charge in [0.25, 0.3) is 10.1 Å². The van der Waals surface area contributed by atoms with Crippen LogP contribution in [0.3, 0.4) is 0 Å². The summed E-state index contributed by atoms with van der Waals surface area (Å²) in [7, 11) is -4.44. The summed E-state index contributed by atoms with van der Waals surface area (Å²) in [5.41, 5.74) is 0.252. The number of para-hydroxylation sites is 1. The summed E-state index contributed by atoms with van der Waals surface area (Å²) in [5.74, 6) is 0.0226. The van der Waals surface area contributed by atoms with E-state index in [0.717, 1.165) is 37.8 Å². The van der Waals surface area contributed by atoms with Gasteiger partial charge < -0.3 is 9.84 Å². The topological polar surface area (TPSA) is 86.7 Å². The van der Waals surface area contributed by atoms with Crippen LogP contribution in [-0.4, -0.2) is 13.0 Å². The van der Waals surface area contributed by atoms with Crippen molar-refractivity contribution in [3.63, 3.8) is 0 Å². The van der Waals surface area contributed by atoms with Gasteiger partial charge in [-0.05, 0) is 31.0 Å². The number of rotatable bonds is 11. The van der Waals surface area contributed by atoms with Crippen molar-refractivity contribution in [1.29, 1.82) is 0 Å². The quantitative estimate of drug-likeness (QED) is 0.346. The zero-order chi connectivity index (χ0) is 19.7. The molecule has 0 bridgehead atoms.